The highest BCUT2D eigenvalue weighted by Gasteiger charge is 2.52. The number of carbonyl (C=O) groups excluding carboxylic acids is 2. The normalized spacial score (nSPS) is 18.9. The van der Waals surface area contributed by atoms with Gasteiger partial charge in [0.25, 0.3) is 17.0 Å². The predicted molar refractivity (Wildman–Crippen MR) is 205 cm³/mol. The summed E-state index contributed by atoms with van der Waals surface area (Å²) in [7, 11) is 0. The molecule has 0 aliphatic carbocycles. The fraction of sp³-hybridized carbons (Fsp3) is 0.238. The average Bonchev–Trinajstić information content (AvgIpc) is 3.77. The van der Waals surface area contributed by atoms with E-state index in [0.717, 1.165) is 23.8 Å². The van der Waals surface area contributed by atoms with Crippen molar-refractivity contribution >= 4 is 39.0 Å². The van der Waals surface area contributed by atoms with Gasteiger partial charge in [0.05, 0.1) is 59.4 Å². The van der Waals surface area contributed by atoms with Crippen LogP contribution in [0.2, 0.25) is 0 Å². The second-order valence-corrected chi connectivity index (χ2v) is 13.9. The highest BCUT2D eigenvalue weighted by molar-refractivity contribution is 6.07. The van der Waals surface area contributed by atoms with E-state index in [-0.39, 0.29) is 42.6 Å². The Labute approximate surface area is 309 Å². The van der Waals surface area contributed by atoms with E-state index in [0.29, 0.717) is 45.3 Å². The molecule has 2 aliphatic heterocycles. The van der Waals surface area contributed by atoms with Crippen LogP contribution >= 0.6 is 0 Å². The van der Waals surface area contributed by atoms with E-state index in [1.807, 2.05) is 36.4 Å². The number of hydrogen-bond donors (Lipinski definition) is 2. The Hall–Kier alpha value is -6.24. The van der Waals surface area contributed by atoms with Crippen LogP contribution in [-0.2, 0) is 21.7 Å². The Morgan fingerprint density at radius 1 is 0.870 bits per heavy atom. The van der Waals surface area contributed by atoms with Crippen molar-refractivity contribution in [1.29, 1.82) is 0 Å². The topological polar surface area (TPSA) is 151 Å². The Kier molecular flexibility index (Phi) is 9.00. The molecular weight excluding hydrogens is 684 g/mol. The van der Waals surface area contributed by atoms with Gasteiger partial charge in [-0.05, 0) is 60.9 Å². The number of rotatable bonds is 9. The van der Waals surface area contributed by atoms with Crippen LogP contribution in [0.15, 0.2) is 125 Å². The van der Waals surface area contributed by atoms with Crippen LogP contribution in [0.1, 0.15) is 37.3 Å². The second kappa shape index (κ2) is 14.0. The lowest BCUT2D eigenvalue weighted by molar-refractivity contribution is -0.139. The third-order valence-electron chi connectivity index (χ3n) is 10.7. The minimum absolute atomic E-state index is 0.0552. The first-order valence-electron chi connectivity index (χ1n) is 18.0. The number of carbonyl (C=O) groups is 2. The van der Waals surface area contributed by atoms with Crippen molar-refractivity contribution in [1.82, 2.24) is 24.5 Å². The van der Waals surface area contributed by atoms with E-state index in [4.69, 9.17) is 0 Å². The van der Waals surface area contributed by atoms with Crippen molar-refractivity contribution in [2.24, 2.45) is 5.92 Å². The highest BCUT2D eigenvalue weighted by Crippen LogP contribution is 2.46. The molecule has 3 atom stereocenters. The third-order valence-corrected chi connectivity index (χ3v) is 10.7. The summed E-state index contributed by atoms with van der Waals surface area (Å²) in [5.41, 5.74) is -0.180. The van der Waals surface area contributed by atoms with E-state index in [9.17, 15) is 29.4 Å². The van der Waals surface area contributed by atoms with Gasteiger partial charge in [-0.15, -0.1) is 0 Å². The Balaban J connectivity index is 1.13. The number of aliphatic hydroxyl groups is 2. The van der Waals surface area contributed by atoms with Gasteiger partial charge in [0.15, 0.2) is 5.60 Å². The number of amides is 2. The zero-order valence-electron chi connectivity index (χ0n) is 29.6. The Bertz CT molecular complexity index is 2580. The maximum absolute atomic E-state index is 14.5. The van der Waals surface area contributed by atoms with Crippen LogP contribution in [0.5, 0.6) is 0 Å². The first-order valence-corrected chi connectivity index (χ1v) is 18.0. The Morgan fingerprint density at radius 3 is 2.13 bits per heavy atom. The van der Waals surface area contributed by atoms with Gasteiger partial charge in [0.1, 0.15) is 0 Å². The van der Waals surface area contributed by atoms with E-state index < -0.39 is 17.4 Å². The summed E-state index contributed by atoms with van der Waals surface area (Å²) in [6.45, 7) is 2.31. The molecular formula is C42H38N6O6. The lowest BCUT2D eigenvalue weighted by atomic mass is 9.82. The van der Waals surface area contributed by atoms with Crippen LogP contribution in [-0.4, -0.2) is 65.7 Å². The smallest absolute Gasteiger partial charge is 0.279 e. The highest BCUT2D eigenvalue weighted by atomic mass is 16.3. The molecule has 0 unspecified atom stereocenters. The number of aliphatic hydroxyl groups excluding tert-OH is 1. The molecule has 4 heterocycles. The van der Waals surface area contributed by atoms with Gasteiger partial charge in [-0.3, -0.25) is 19.2 Å². The lowest BCUT2D eigenvalue weighted by Gasteiger charge is -2.28. The maximum Gasteiger partial charge on any atom is 0.279 e. The van der Waals surface area contributed by atoms with Gasteiger partial charge < -0.3 is 20.0 Å². The molecule has 54 heavy (non-hydrogen) atoms. The minimum atomic E-state index is -2.05. The van der Waals surface area contributed by atoms with Gasteiger partial charge in [0.2, 0.25) is 5.91 Å². The zero-order chi connectivity index (χ0) is 37.6. The number of likely N-dealkylation sites (tertiary alicyclic amines) is 1. The Morgan fingerprint density at radius 2 is 1.48 bits per heavy atom. The molecule has 0 saturated carbocycles. The number of anilines is 1. The van der Waals surface area contributed by atoms with E-state index in [1.165, 1.54) is 14.3 Å². The molecule has 0 spiro atoms. The van der Waals surface area contributed by atoms with E-state index >= 15 is 0 Å². The maximum atomic E-state index is 14.5. The summed E-state index contributed by atoms with van der Waals surface area (Å²) >= 11 is 0. The number of hydrogen-bond acceptors (Lipinski definition) is 8. The monoisotopic (exact) mass is 722 g/mol. The standard InChI is InChI=1S/C42H38N6O6/c1-27(8-6-14-38(50)45-21-7-11-33(45)26-49)42(54)36-22-32(48-40(52)35-13-5-3-10-30(35)24-44-48)19-20-37(36)46(41(42)53)25-28-15-17-31(18-16-28)47-39(51)34-12-4-2-9-29(34)23-43-47/h2-6,8-10,12-13,15-20,22-24,27,33,49,54H,7,11,14,21,25-26H2,1H3/b8-6+/t27-,33+,42+/m1/s1. The van der Waals surface area contributed by atoms with E-state index in [2.05, 4.69) is 10.2 Å². The van der Waals surface area contributed by atoms with Crippen LogP contribution in [0.3, 0.4) is 0 Å². The fourth-order valence-corrected chi connectivity index (χ4v) is 7.68. The summed E-state index contributed by atoms with van der Waals surface area (Å²) in [5.74, 6) is -1.47. The van der Waals surface area contributed by atoms with Gasteiger partial charge in [-0.25, -0.2) is 0 Å². The van der Waals surface area contributed by atoms with Crippen molar-refractivity contribution < 1.29 is 19.8 Å². The summed E-state index contributed by atoms with van der Waals surface area (Å²) in [4.78, 5) is 57.4. The molecule has 0 radical (unpaired) electrons. The molecule has 272 valence electrons. The number of nitrogens with zero attached hydrogens (tertiary/aromatic N) is 6. The first-order chi connectivity index (χ1) is 26.2. The predicted octanol–water partition coefficient (Wildman–Crippen LogP) is 4.38. The quantitative estimate of drug-likeness (QED) is 0.209. The molecule has 12 heteroatoms. The first kappa shape index (κ1) is 34.8. The molecule has 2 aliphatic rings. The molecule has 6 aromatic rings. The van der Waals surface area contributed by atoms with Crippen LogP contribution in [0.4, 0.5) is 5.69 Å². The molecule has 2 N–H and O–H groups in total. The van der Waals surface area contributed by atoms with Crippen molar-refractivity contribution in [3.63, 3.8) is 0 Å². The molecule has 1 fully saturated rings. The largest absolute Gasteiger partial charge is 0.394 e. The molecule has 2 aromatic heterocycles. The average molecular weight is 723 g/mol. The molecule has 12 nitrogen and oxygen atoms in total. The van der Waals surface area contributed by atoms with Crippen molar-refractivity contribution in [2.75, 3.05) is 18.1 Å². The van der Waals surface area contributed by atoms with Crippen LogP contribution in [0, 0.1) is 5.92 Å². The van der Waals surface area contributed by atoms with Crippen molar-refractivity contribution in [2.45, 2.75) is 44.4 Å². The molecule has 1 saturated heterocycles. The molecule has 0 bridgehead atoms. The van der Waals surface area contributed by atoms with Crippen LogP contribution in [0.25, 0.3) is 32.9 Å². The second-order valence-electron chi connectivity index (χ2n) is 13.9. The molecule has 2 amide bonds. The van der Waals surface area contributed by atoms with E-state index in [1.54, 1.807) is 91.0 Å². The van der Waals surface area contributed by atoms with Crippen molar-refractivity contribution in [3.05, 3.63) is 147 Å². The summed E-state index contributed by atoms with van der Waals surface area (Å²) in [6.07, 6.45) is 8.21. The van der Waals surface area contributed by atoms with Gasteiger partial charge in [0, 0.05) is 35.2 Å². The third kappa shape index (κ3) is 5.89. The van der Waals surface area contributed by atoms with Crippen molar-refractivity contribution in [3.8, 4) is 11.4 Å². The molecule has 8 rings (SSSR count). The summed E-state index contributed by atoms with van der Waals surface area (Å²) in [6, 6.07) is 26.4. The van der Waals surface area contributed by atoms with Gasteiger partial charge >= 0.3 is 0 Å². The minimum Gasteiger partial charge on any atom is -0.394 e. The summed E-state index contributed by atoms with van der Waals surface area (Å²) in [5, 5.41) is 33.4. The SMILES string of the molecule is C[C@H](/C=C/CC(=O)N1CCC[C@H]1CO)[C@@]1(O)C(=O)N(Cc2ccc(-n3ncc4ccccc4c3=O)cc2)c2ccc(-n3ncc4ccccc4c3=O)cc21. The fourth-order valence-electron chi connectivity index (χ4n) is 7.68. The summed E-state index contributed by atoms with van der Waals surface area (Å²) < 4.78 is 2.59. The van der Waals surface area contributed by atoms with Gasteiger partial charge in [-0.1, -0.05) is 67.6 Å². The van der Waals surface area contributed by atoms with Crippen LogP contribution < -0.4 is 16.0 Å². The lowest BCUT2D eigenvalue weighted by Crippen LogP contribution is -2.44. The zero-order valence-corrected chi connectivity index (χ0v) is 29.6. The number of benzene rings is 4. The molecule has 4 aromatic carbocycles. The number of fused-ring (bicyclic) bond motifs is 3. The number of aromatic nitrogens is 4. The van der Waals surface area contributed by atoms with Gasteiger partial charge in [-0.2, -0.15) is 19.6 Å².